The van der Waals surface area contributed by atoms with Crippen molar-refractivity contribution in [1.82, 2.24) is 25.5 Å². The molecule has 4 N–H and O–H groups in total. The van der Waals surface area contributed by atoms with Crippen LogP contribution in [0.3, 0.4) is 0 Å². The van der Waals surface area contributed by atoms with Crippen LogP contribution in [0.1, 0.15) is 67.3 Å². The first-order chi connectivity index (χ1) is 20.1. The molecule has 1 aliphatic heterocycles. The number of methoxy groups -OCH3 is 1. The van der Waals surface area contributed by atoms with Gasteiger partial charge in [0.05, 0.1) is 12.8 Å². The minimum absolute atomic E-state index is 0.00915. The van der Waals surface area contributed by atoms with Crippen molar-refractivity contribution in [2.75, 3.05) is 37.9 Å². The van der Waals surface area contributed by atoms with Crippen molar-refractivity contribution in [2.45, 2.75) is 75.7 Å². The highest BCUT2D eigenvalue weighted by atomic mass is 19.4. The van der Waals surface area contributed by atoms with Gasteiger partial charge in [0.1, 0.15) is 17.1 Å². The summed E-state index contributed by atoms with van der Waals surface area (Å²) in [7, 11) is 3.50. The zero-order valence-corrected chi connectivity index (χ0v) is 23.9. The Morgan fingerprint density at radius 2 is 1.71 bits per heavy atom. The van der Waals surface area contributed by atoms with Gasteiger partial charge in [0, 0.05) is 35.8 Å². The number of carbonyl (C=O) groups is 2. The molecule has 228 valence electrons. The number of nitrogens with one attached hydrogen (secondary N) is 4. The van der Waals surface area contributed by atoms with Crippen LogP contribution in [-0.2, 0) is 11.0 Å². The van der Waals surface area contributed by atoms with E-state index in [0.717, 1.165) is 57.8 Å². The molecule has 2 atom stereocenters. The first-order valence-electron chi connectivity index (χ1n) is 14.6. The quantitative estimate of drug-likeness (QED) is 0.342. The molecule has 2 unspecified atom stereocenters. The van der Waals surface area contributed by atoms with E-state index in [0.29, 0.717) is 29.8 Å². The molecule has 1 aromatic carbocycles. The summed E-state index contributed by atoms with van der Waals surface area (Å²) in [5.41, 5.74) is -0.186. The van der Waals surface area contributed by atoms with E-state index in [1.54, 1.807) is 18.2 Å². The highest BCUT2D eigenvalue weighted by molar-refractivity contribution is 5.95. The van der Waals surface area contributed by atoms with E-state index in [9.17, 15) is 22.8 Å². The van der Waals surface area contributed by atoms with Gasteiger partial charge in [-0.15, -0.1) is 0 Å². The number of alkyl halides is 3. The maximum absolute atomic E-state index is 13.9. The largest absolute Gasteiger partial charge is 0.495 e. The molecular formula is C29H38F3N7O3. The first kappa shape index (κ1) is 29.9. The highest BCUT2D eigenvalue weighted by Crippen LogP contribution is 2.36. The normalized spacial score (nSPS) is 21.8. The van der Waals surface area contributed by atoms with E-state index in [4.69, 9.17) is 4.74 Å². The molecule has 2 saturated carbocycles. The van der Waals surface area contributed by atoms with Crippen LogP contribution in [0, 0.1) is 5.92 Å². The standard InChI is InChI=1S/C29H38F3N7O3/c1-39-13-11-19(12-14-39)34-27(41)18-9-10-23(24(15-18)42-2)37-28-33-16-20(29(30,31)32)25(38-28)35-21-5-3-4-6-22(21)36-26(40)17-7-8-17/h9-10,15-17,19,21-22H,3-8,11-14H2,1-2H3,(H,34,41)(H,36,40)(H2,33,35,37,38). The molecule has 3 fully saturated rings. The minimum atomic E-state index is -4.68. The molecule has 5 rings (SSSR count). The van der Waals surface area contributed by atoms with Crippen molar-refractivity contribution in [3.63, 3.8) is 0 Å². The fourth-order valence-corrected chi connectivity index (χ4v) is 5.54. The summed E-state index contributed by atoms with van der Waals surface area (Å²) in [4.78, 5) is 35.6. The molecule has 2 aliphatic carbocycles. The van der Waals surface area contributed by atoms with Gasteiger partial charge < -0.3 is 30.9 Å². The Kier molecular flexibility index (Phi) is 9.05. The van der Waals surface area contributed by atoms with E-state index < -0.39 is 17.8 Å². The van der Waals surface area contributed by atoms with Gasteiger partial charge >= 0.3 is 6.18 Å². The summed E-state index contributed by atoms with van der Waals surface area (Å²) in [6.07, 6.45) is 2.52. The van der Waals surface area contributed by atoms with Gasteiger partial charge in [0.25, 0.3) is 5.91 Å². The Bertz CT molecular complexity index is 1280. The SMILES string of the molecule is COc1cc(C(=O)NC2CCN(C)CC2)ccc1Nc1ncc(C(F)(F)F)c(NC2CCCCC2NC(=O)C2CC2)n1. The number of nitrogens with zero attached hydrogens (tertiary/aromatic N) is 3. The number of rotatable bonds is 9. The Hall–Kier alpha value is -3.61. The Balaban J connectivity index is 1.32. The molecule has 0 spiro atoms. The second-order valence-corrected chi connectivity index (χ2v) is 11.5. The molecule has 2 aromatic rings. The highest BCUT2D eigenvalue weighted by Gasteiger charge is 2.38. The van der Waals surface area contributed by atoms with Crippen LogP contribution in [-0.4, -0.2) is 72.1 Å². The average Bonchev–Trinajstić information content (AvgIpc) is 3.81. The minimum Gasteiger partial charge on any atom is -0.495 e. The van der Waals surface area contributed by atoms with Crippen LogP contribution in [0.5, 0.6) is 5.75 Å². The third-order valence-electron chi connectivity index (χ3n) is 8.22. The summed E-state index contributed by atoms with van der Waals surface area (Å²) in [6, 6.07) is 4.21. The van der Waals surface area contributed by atoms with Crippen molar-refractivity contribution in [2.24, 2.45) is 5.92 Å². The van der Waals surface area contributed by atoms with Gasteiger partial charge in [0.15, 0.2) is 0 Å². The number of amides is 2. The number of piperidine rings is 1. The van der Waals surface area contributed by atoms with Crippen LogP contribution in [0.15, 0.2) is 24.4 Å². The Morgan fingerprint density at radius 3 is 2.38 bits per heavy atom. The predicted octanol–water partition coefficient (Wildman–Crippen LogP) is 4.32. The summed E-state index contributed by atoms with van der Waals surface area (Å²) in [6.45, 7) is 1.83. The molecule has 13 heteroatoms. The first-order valence-corrected chi connectivity index (χ1v) is 14.6. The molecule has 0 radical (unpaired) electrons. The monoisotopic (exact) mass is 589 g/mol. The second-order valence-electron chi connectivity index (χ2n) is 11.5. The van der Waals surface area contributed by atoms with Crippen molar-refractivity contribution in [3.05, 3.63) is 35.5 Å². The zero-order valence-electron chi connectivity index (χ0n) is 23.9. The number of likely N-dealkylation sites (tertiary alicyclic amines) is 1. The molecule has 1 aromatic heterocycles. The van der Waals surface area contributed by atoms with Gasteiger partial charge in [-0.1, -0.05) is 12.8 Å². The molecule has 3 aliphatic rings. The van der Waals surface area contributed by atoms with Gasteiger partial charge in [0.2, 0.25) is 11.9 Å². The van der Waals surface area contributed by atoms with Crippen LogP contribution < -0.4 is 26.0 Å². The maximum atomic E-state index is 13.9. The van der Waals surface area contributed by atoms with Crippen LogP contribution in [0.25, 0.3) is 0 Å². The van der Waals surface area contributed by atoms with Crippen LogP contribution in [0.2, 0.25) is 0 Å². The number of halogens is 3. The van der Waals surface area contributed by atoms with Crippen molar-refractivity contribution < 1.29 is 27.5 Å². The molecular weight excluding hydrogens is 551 g/mol. The van der Waals surface area contributed by atoms with E-state index in [1.807, 2.05) is 0 Å². The van der Waals surface area contributed by atoms with Crippen molar-refractivity contribution in [3.8, 4) is 5.75 Å². The fourth-order valence-electron chi connectivity index (χ4n) is 5.54. The number of hydrogen-bond acceptors (Lipinski definition) is 8. The second kappa shape index (κ2) is 12.7. The Labute approximate surface area is 243 Å². The number of hydrogen-bond donors (Lipinski definition) is 4. The van der Waals surface area contributed by atoms with E-state index in [1.165, 1.54) is 7.11 Å². The summed E-state index contributed by atoms with van der Waals surface area (Å²) < 4.78 is 47.3. The number of aromatic nitrogens is 2. The lowest BCUT2D eigenvalue weighted by atomic mass is 9.90. The number of ether oxygens (including phenoxy) is 1. The van der Waals surface area contributed by atoms with Gasteiger partial charge in [-0.05, 0) is 76.9 Å². The summed E-state index contributed by atoms with van der Waals surface area (Å²) in [5, 5.41) is 12.0. The van der Waals surface area contributed by atoms with Crippen LogP contribution in [0.4, 0.5) is 30.6 Å². The van der Waals surface area contributed by atoms with Gasteiger partial charge in [-0.25, -0.2) is 4.98 Å². The molecule has 2 amide bonds. The lowest BCUT2D eigenvalue weighted by Gasteiger charge is -2.33. The molecule has 10 nitrogen and oxygen atoms in total. The molecule has 42 heavy (non-hydrogen) atoms. The number of carbonyl (C=O) groups excluding carboxylic acids is 2. The van der Waals surface area contributed by atoms with Gasteiger partial charge in [-0.3, -0.25) is 9.59 Å². The lowest BCUT2D eigenvalue weighted by molar-refractivity contribution is -0.137. The summed E-state index contributed by atoms with van der Waals surface area (Å²) >= 11 is 0. The third-order valence-corrected chi connectivity index (χ3v) is 8.22. The van der Waals surface area contributed by atoms with E-state index >= 15 is 0 Å². The predicted molar refractivity (Wildman–Crippen MR) is 152 cm³/mol. The molecule has 0 bridgehead atoms. The zero-order chi connectivity index (χ0) is 29.9. The molecule has 2 heterocycles. The smallest absolute Gasteiger partial charge is 0.421 e. The summed E-state index contributed by atoms with van der Waals surface area (Å²) in [5.74, 6) is -0.353. The van der Waals surface area contributed by atoms with Crippen LogP contribution >= 0.6 is 0 Å². The Morgan fingerprint density at radius 1 is 1.00 bits per heavy atom. The van der Waals surface area contributed by atoms with E-state index in [-0.39, 0.29) is 41.6 Å². The van der Waals surface area contributed by atoms with Gasteiger partial charge in [-0.2, -0.15) is 18.2 Å². The third kappa shape index (κ3) is 7.42. The van der Waals surface area contributed by atoms with Crippen molar-refractivity contribution >= 4 is 29.3 Å². The fraction of sp³-hybridized carbons (Fsp3) is 0.586. The topological polar surface area (TPSA) is 121 Å². The van der Waals surface area contributed by atoms with E-state index in [2.05, 4.69) is 43.2 Å². The maximum Gasteiger partial charge on any atom is 0.421 e. The molecule has 1 saturated heterocycles. The number of benzene rings is 1. The van der Waals surface area contributed by atoms with Crippen molar-refractivity contribution in [1.29, 1.82) is 0 Å². The lowest BCUT2D eigenvalue weighted by Crippen LogP contribution is -2.49. The number of anilines is 3. The average molecular weight is 590 g/mol.